The Morgan fingerprint density at radius 1 is 1.12 bits per heavy atom. The summed E-state index contributed by atoms with van der Waals surface area (Å²) < 4.78 is 16.3. The van der Waals surface area contributed by atoms with Gasteiger partial charge in [-0.15, -0.1) is 0 Å². The fourth-order valence-electron chi connectivity index (χ4n) is 4.31. The molecule has 0 aliphatic carbocycles. The lowest BCUT2D eigenvalue weighted by atomic mass is 9.97. The average Bonchev–Trinajstić information content (AvgIpc) is 2.86. The lowest BCUT2D eigenvalue weighted by Gasteiger charge is -2.40. The van der Waals surface area contributed by atoms with Crippen molar-refractivity contribution in [2.24, 2.45) is 5.92 Å². The van der Waals surface area contributed by atoms with Gasteiger partial charge in [0.2, 0.25) is 11.8 Å². The van der Waals surface area contributed by atoms with E-state index in [1.54, 1.807) is 12.0 Å². The topological polar surface area (TPSA) is 97.3 Å². The molecule has 2 heterocycles. The number of ether oxygens (including phenoxy) is 3. The maximum atomic E-state index is 12.6. The van der Waals surface area contributed by atoms with Crippen LogP contribution < -0.4 is 10.1 Å². The summed E-state index contributed by atoms with van der Waals surface area (Å²) >= 11 is 0. The standard InChI is InChI=1S/C25H30N2O6/c1-31-21-8-2-17(3-9-21)14-27-22(15-28)24(33-16-23(27)29)18-4-6-20(7-5-18)26-25(30)19-10-12-32-13-11-19/h2-9,19,22,24,28H,10-16H2,1H3,(H,26,30). The number of aliphatic hydroxyl groups is 1. The molecule has 2 aromatic carbocycles. The molecule has 2 aliphatic heterocycles. The van der Waals surface area contributed by atoms with Crippen molar-refractivity contribution in [1.82, 2.24) is 4.90 Å². The molecule has 0 radical (unpaired) electrons. The van der Waals surface area contributed by atoms with Crippen LogP contribution in [0.25, 0.3) is 0 Å². The second-order valence-corrected chi connectivity index (χ2v) is 8.35. The second kappa shape index (κ2) is 10.8. The molecular weight excluding hydrogens is 424 g/mol. The van der Waals surface area contributed by atoms with Crippen molar-refractivity contribution in [3.05, 3.63) is 59.7 Å². The van der Waals surface area contributed by atoms with E-state index in [1.807, 2.05) is 48.5 Å². The number of morpholine rings is 1. The van der Waals surface area contributed by atoms with E-state index in [4.69, 9.17) is 14.2 Å². The maximum absolute atomic E-state index is 12.6. The number of hydrogen-bond donors (Lipinski definition) is 2. The average molecular weight is 455 g/mol. The van der Waals surface area contributed by atoms with Gasteiger partial charge in [0.25, 0.3) is 0 Å². The zero-order chi connectivity index (χ0) is 23.2. The molecule has 0 bridgehead atoms. The number of nitrogens with zero attached hydrogens (tertiary/aromatic N) is 1. The van der Waals surface area contributed by atoms with Gasteiger partial charge in [-0.3, -0.25) is 9.59 Å². The molecular formula is C25H30N2O6. The summed E-state index contributed by atoms with van der Waals surface area (Å²) in [6, 6.07) is 14.4. The van der Waals surface area contributed by atoms with Gasteiger partial charge in [0.05, 0.1) is 19.8 Å². The first-order chi connectivity index (χ1) is 16.1. The first-order valence-corrected chi connectivity index (χ1v) is 11.2. The van der Waals surface area contributed by atoms with Crippen LogP contribution in [-0.2, 0) is 25.6 Å². The number of hydrogen-bond acceptors (Lipinski definition) is 6. The number of rotatable bonds is 7. The molecule has 0 saturated carbocycles. The van der Waals surface area contributed by atoms with Crippen LogP contribution in [0, 0.1) is 5.92 Å². The fraction of sp³-hybridized carbons (Fsp3) is 0.440. The molecule has 2 amide bonds. The Hall–Kier alpha value is -2.94. The third-order valence-corrected chi connectivity index (χ3v) is 6.25. The molecule has 2 atom stereocenters. The number of aliphatic hydroxyl groups excluding tert-OH is 1. The Morgan fingerprint density at radius 2 is 1.82 bits per heavy atom. The number of benzene rings is 2. The van der Waals surface area contributed by atoms with Crippen molar-refractivity contribution in [3.8, 4) is 5.75 Å². The normalized spacial score (nSPS) is 21.6. The molecule has 0 aromatic heterocycles. The zero-order valence-corrected chi connectivity index (χ0v) is 18.7. The Labute approximate surface area is 193 Å². The van der Waals surface area contributed by atoms with Crippen LogP contribution in [0.4, 0.5) is 5.69 Å². The van der Waals surface area contributed by atoms with E-state index in [9.17, 15) is 14.7 Å². The van der Waals surface area contributed by atoms with Crippen LogP contribution in [-0.4, -0.2) is 61.4 Å². The van der Waals surface area contributed by atoms with Crippen LogP contribution >= 0.6 is 0 Å². The minimum absolute atomic E-state index is 0.00413. The lowest BCUT2D eigenvalue weighted by Crippen LogP contribution is -2.52. The number of carbonyl (C=O) groups excluding carboxylic acids is 2. The van der Waals surface area contributed by atoms with Crippen molar-refractivity contribution >= 4 is 17.5 Å². The van der Waals surface area contributed by atoms with Crippen molar-refractivity contribution in [3.63, 3.8) is 0 Å². The van der Waals surface area contributed by atoms with E-state index in [-0.39, 0.29) is 30.9 Å². The number of carbonyl (C=O) groups is 2. The predicted octanol–water partition coefficient (Wildman–Crippen LogP) is 2.52. The fourth-order valence-corrected chi connectivity index (χ4v) is 4.31. The van der Waals surface area contributed by atoms with Crippen molar-refractivity contribution in [2.45, 2.75) is 31.5 Å². The van der Waals surface area contributed by atoms with Crippen LogP contribution in [0.2, 0.25) is 0 Å². The van der Waals surface area contributed by atoms with Crippen LogP contribution in [0.3, 0.4) is 0 Å². The van der Waals surface area contributed by atoms with Crippen LogP contribution in [0.5, 0.6) is 5.75 Å². The highest BCUT2D eigenvalue weighted by Crippen LogP contribution is 2.31. The predicted molar refractivity (Wildman–Crippen MR) is 122 cm³/mol. The SMILES string of the molecule is COc1ccc(CN2C(=O)COC(c3ccc(NC(=O)C4CCOCC4)cc3)C2CO)cc1. The van der Waals surface area contributed by atoms with Gasteiger partial charge in [-0.05, 0) is 48.2 Å². The van der Waals surface area contributed by atoms with E-state index in [2.05, 4.69) is 5.32 Å². The summed E-state index contributed by atoms with van der Waals surface area (Å²) in [5.74, 6) is 0.551. The molecule has 2 saturated heterocycles. The number of methoxy groups -OCH3 is 1. The second-order valence-electron chi connectivity index (χ2n) is 8.35. The van der Waals surface area contributed by atoms with E-state index in [0.29, 0.717) is 25.4 Å². The number of nitrogens with one attached hydrogen (secondary N) is 1. The summed E-state index contributed by atoms with van der Waals surface area (Å²) in [5, 5.41) is 13.1. The minimum atomic E-state index is -0.518. The highest BCUT2D eigenvalue weighted by molar-refractivity contribution is 5.92. The summed E-state index contributed by atoms with van der Waals surface area (Å²) in [6.45, 7) is 1.32. The molecule has 0 spiro atoms. The minimum Gasteiger partial charge on any atom is -0.497 e. The van der Waals surface area contributed by atoms with Gasteiger partial charge in [0, 0.05) is 31.4 Å². The quantitative estimate of drug-likeness (QED) is 0.667. The maximum Gasteiger partial charge on any atom is 0.249 e. The zero-order valence-electron chi connectivity index (χ0n) is 18.7. The highest BCUT2D eigenvalue weighted by Gasteiger charge is 2.37. The molecule has 2 unspecified atom stereocenters. The van der Waals surface area contributed by atoms with Crippen molar-refractivity contribution in [2.75, 3.05) is 38.9 Å². The molecule has 176 valence electrons. The van der Waals surface area contributed by atoms with Gasteiger partial charge >= 0.3 is 0 Å². The first-order valence-electron chi connectivity index (χ1n) is 11.2. The van der Waals surface area contributed by atoms with Crippen LogP contribution in [0.15, 0.2) is 48.5 Å². The van der Waals surface area contributed by atoms with Gasteiger partial charge in [-0.25, -0.2) is 0 Å². The highest BCUT2D eigenvalue weighted by atomic mass is 16.5. The van der Waals surface area contributed by atoms with Gasteiger partial charge < -0.3 is 29.5 Å². The van der Waals surface area contributed by atoms with Gasteiger partial charge in [0.1, 0.15) is 18.5 Å². The smallest absolute Gasteiger partial charge is 0.249 e. The molecule has 33 heavy (non-hydrogen) atoms. The third-order valence-electron chi connectivity index (χ3n) is 6.25. The first kappa shape index (κ1) is 23.2. The van der Waals surface area contributed by atoms with E-state index < -0.39 is 12.1 Å². The summed E-state index contributed by atoms with van der Waals surface area (Å²) in [5.41, 5.74) is 2.48. The van der Waals surface area contributed by atoms with E-state index in [0.717, 1.165) is 29.7 Å². The lowest BCUT2D eigenvalue weighted by molar-refractivity contribution is -0.162. The van der Waals surface area contributed by atoms with E-state index >= 15 is 0 Å². The van der Waals surface area contributed by atoms with Gasteiger partial charge in [0.15, 0.2) is 0 Å². The molecule has 2 aromatic rings. The van der Waals surface area contributed by atoms with Gasteiger partial charge in [-0.1, -0.05) is 24.3 Å². The van der Waals surface area contributed by atoms with E-state index in [1.165, 1.54) is 0 Å². The van der Waals surface area contributed by atoms with Gasteiger partial charge in [-0.2, -0.15) is 0 Å². The Morgan fingerprint density at radius 3 is 2.45 bits per heavy atom. The van der Waals surface area contributed by atoms with Crippen molar-refractivity contribution in [1.29, 1.82) is 0 Å². The molecule has 8 nitrogen and oxygen atoms in total. The molecule has 8 heteroatoms. The largest absolute Gasteiger partial charge is 0.497 e. The molecule has 2 aliphatic rings. The van der Waals surface area contributed by atoms with Crippen molar-refractivity contribution < 1.29 is 28.9 Å². The van der Waals surface area contributed by atoms with Crippen LogP contribution in [0.1, 0.15) is 30.1 Å². The summed E-state index contributed by atoms with van der Waals surface area (Å²) in [6.07, 6.45) is 0.998. The molecule has 4 rings (SSSR count). The third kappa shape index (κ3) is 5.52. The number of anilines is 1. The Kier molecular flexibility index (Phi) is 7.59. The Balaban J connectivity index is 1.44. The summed E-state index contributed by atoms with van der Waals surface area (Å²) in [4.78, 5) is 26.7. The monoisotopic (exact) mass is 454 g/mol. The number of amides is 2. The molecule has 2 N–H and O–H groups in total. The Bertz CT molecular complexity index is 940. The molecule has 2 fully saturated rings. The summed E-state index contributed by atoms with van der Waals surface area (Å²) in [7, 11) is 1.61.